The first-order chi connectivity index (χ1) is 10.0. The molecule has 0 aliphatic heterocycles. The van der Waals surface area contributed by atoms with Gasteiger partial charge in [-0.1, -0.05) is 18.5 Å². The van der Waals surface area contributed by atoms with E-state index in [9.17, 15) is 0 Å². The number of aromatic nitrogens is 2. The number of hydrogen-bond donors (Lipinski definition) is 2. The molecule has 112 valence electrons. The second-order valence-electron chi connectivity index (χ2n) is 4.88. The van der Waals surface area contributed by atoms with E-state index in [-0.39, 0.29) is 0 Å². The Morgan fingerprint density at radius 3 is 2.43 bits per heavy atom. The van der Waals surface area contributed by atoms with Crippen molar-refractivity contribution in [2.24, 2.45) is 5.84 Å². The zero-order chi connectivity index (χ0) is 15.4. The van der Waals surface area contributed by atoms with Gasteiger partial charge in [-0.15, -0.1) is 0 Å². The van der Waals surface area contributed by atoms with Gasteiger partial charge in [-0.05, 0) is 43.5 Å². The molecule has 0 fully saturated rings. The Morgan fingerprint density at radius 2 is 1.86 bits per heavy atom. The Morgan fingerprint density at radius 1 is 1.19 bits per heavy atom. The standard InChI is InChI=1S/C15H19ClN4O/c1-4-5-12-18-13(20-17)8-14(19-12)21-11-6-9(2)15(16)10(3)7-11/h6-8H,4-5,17H2,1-3H3,(H,18,19,20). The van der Waals surface area contributed by atoms with E-state index in [4.69, 9.17) is 22.2 Å². The summed E-state index contributed by atoms with van der Waals surface area (Å²) in [6.45, 7) is 5.95. The van der Waals surface area contributed by atoms with Crippen molar-refractivity contribution in [3.8, 4) is 11.6 Å². The van der Waals surface area contributed by atoms with Crippen LogP contribution in [-0.2, 0) is 6.42 Å². The number of anilines is 1. The summed E-state index contributed by atoms with van der Waals surface area (Å²) in [4.78, 5) is 8.67. The molecule has 6 heteroatoms. The summed E-state index contributed by atoms with van der Waals surface area (Å²) in [6, 6.07) is 5.43. The van der Waals surface area contributed by atoms with Crippen LogP contribution in [0.5, 0.6) is 11.6 Å². The van der Waals surface area contributed by atoms with Crippen LogP contribution in [0.4, 0.5) is 5.82 Å². The predicted octanol–water partition coefficient (Wildman–Crippen LogP) is 3.78. The van der Waals surface area contributed by atoms with Crippen molar-refractivity contribution in [1.82, 2.24) is 9.97 Å². The van der Waals surface area contributed by atoms with E-state index in [1.807, 2.05) is 26.0 Å². The molecule has 1 aromatic heterocycles. The summed E-state index contributed by atoms with van der Waals surface area (Å²) >= 11 is 6.16. The summed E-state index contributed by atoms with van der Waals surface area (Å²) in [5.41, 5.74) is 4.46. The predicted molar refractivity (Wildman–Crippen MR) is 84.8 cm³/mol. The van der Waals surface area contributed by atoms with Gasteiger partial charge in [-0.3, -0.25) is 0 Å². The van der Waals surface area contributed by atoms with Gasteiger partial charge in [0.1, 0.15) is 17.4 Å². The van der Waals surface area contributed by atoms with Crippen LogP contribution < -0.4 is 16.0 Å². The zero-order valence-electron chi connectivity index (χ0n) is 12.4. The molecule has 5 nitrogen and oxygen atoms in total. The number of benzene rings is 1. The van der Waals surface area contributed by atoms with Gasteiger partial charge in [0.2, 0.25) is 5.88 Å². The molecule has 0 saturated carbocycles. The van der Waals surface area contributed by atoms with E-state index in [0.29, 0.717) is 23.3 Å². The fourth-order valence-corrected chi connectivity index (χ4v) is 2.13. The van der Waals surface area contributed by atoms with Gasteiger partial charge in [-0.2, -0.15) is 4.98 Å². The minimum Gasteiger partial charge on any atom is -0.439 e. The van der Waals surface area contributed by atoms with Gasteiger partial charge in [0.25, 0.3) is 0 Å². The maximum atomic E-state index is 6.16. The van der Waals surface area contributed by atoms with Crippen LogP contribution in [0.25, 0.3) is 0 Å². The van der Waals surface area contributed by atoms with Crippen molar-refractivity contribution in [2.45, 2.75) is 33.6 Å². The molecule has 0 amide bonds. The number of hydrazine groups is 1. The molecule has 0 radical (unpaired) electrons. The highest BCUT2D eigenvalue weighted by molar-refractivity contribution is 6.32. The van der Waals surface area contributed by atoms with Crippen LogP contribution in [0.2, 0.25) is 5.02 Å². The first-order valence-electron chi connectivity index (χ1n) is 6.82. The summed E-state index contributed by atoms with van der Waals surface area (Å²) in [6.07, 6.45) is 1.72. The monoisotopic (exact) mass is 306 g/mol. The molecular formula is C15H19ClN4O. The third kappa shape index (κ3) is 3.83. The number of nitrogens with one attached hydrogen (secondary N) is 1. The molecule has 21 heavy (non-hydrogen) atoms. The summed E-state index contributed by atoms with van der Waals surface area (Å²) in [5.74, 6) is 7.82. The van der Waals surface area contributed by atoms with Crippen LogP contribution >= 0.6 is 11.6 Å². The summed E-state index contributed by atoms with van der Waals surface area (Å²) in [7, 11) is 0. The lowest BCUT2D eigenvalue weighted by Crippen LogP contribution is -2.10. The Labute approximate surface area is 129 Å². The Bertz CT molecular complexity index is 623. The van der Waals surface area contributed by atoms with Crippen LogP contribution in [0.3, 0.4) is 0 Å². The van der Waals surface area contributed by atoms with Crippen LogP contribution in [-0.4, -0.2) is 9.97 Å². The summed E-state index contributed by atoms with van der Waals surface area (Å²) < 4.78 is 5.82. The average molecular weight is 307 g/mol. The third-order valence-corrected chi connectivity index (χ3v) is 3.60. The van der Waals surface area contributed by atoms with Crippen molar-refractivity contribution in [2.75, 3.05) is 5.43 Å². The number of halogens is 1. The van der Waals surface area contributed by atoms with Crippen molar-refractivity contribution >= 4 is 17.4 Å². The fourth-order valence-electron chi connectivity index (χ4n) is 2.02. The second-order valence-corrected chi connectivity index (χ2v) is 5.25. The molecule has 2 rings (SSSR count). The van der Waals surface area contributed by atoms with Crippen LogP contribution in [0, 0.1) is 13.8 Å². The van der Waals surface area contributed by atoms with Crippen molar-refractivity contribution in [3.05, 3.63) is 40.2 Å². The zero-order valence-corrected chi connectivity index (χ0v) is 13.2. The van der Waals surface area contributed by atoms with E-state index >= 15 is 0 Å². The lowest BCUT2D eigenvalue weighted by Gasteiger charge is -2.11. The molecule has 0 aliphatic rings. The highest BCUT2D eigenvalue weighted by Crippen LogP contribution is 2.29. The van der Waals surface area contributed by atoms with Gasteiger partial charge in [0.15, 0.2) is 0 Å². The normalized spacial score (nSPS) is 10.5. The molecule has 1 heterocycles. The van der Waals surface area contributed by atoms with Gasteiger partial charge in [0, 0.05) is 17.5 Å². The minimum atomic E-state index is 0.461. The van der Waals surface area contributed by atoms with Gasteiger partial charge in [0.05, 0.1) is 0 Å². The molecule has 0 saturated heterocycles. The lowest BCUT2D eigenvalue weighted by molar-refractivity contribution is 0.458. The highest BCUT2D eigenvalue weighted by Gasteiger charge is 2.08. The largest absolute Gasteiger partial charge is 0.439 e. The van der Waals surface area contributed by atoms with Crippen molar-refractivity contribution < 1.29 is 4.74 Å². The number of aryl methyl sites for hydroxylation is 3. The molecule has 0 spiro atoms. The first-order valence-corrected chi connectivity index (χ1v) is 7.20. The maximum Gasteiger partial charge on any atom is 0.224 e. The summed E-state index contributed by atoms with van der Waals surface area (Å²) in [5, 5.41) is 0.751. The lowest BCUT2D eigenvalue weighted by atomic mass is 10.1. The Hall–Kier alpha value is -1.85. The average Bonchev–Trinajstić information content (AvgIpc) is 2.44. The number of nitrogens with two attached hydrogens (primary N) is 1. The molecule has 2 aromatic rings. The number of nitrogen functional groups attached to an aromatic ring is 1. The molecule has 3 N–H and O–H groups in total. The van der Waals surface area contributed by atoms with E-state index < -0.39 is 0 Å². The van der Waals surface area contributed by atoms with E-state index in [1.165, 1.54) is 0 Å². The molecule has 0 atom stereocenters. The van der Waals surface area contributed by atoms with Crippen LogP contribution in [0.15, 0.2) is 18.2 Å². The van der Waals surface area contributed by atoms with E-state index in [1.54, 1.807) is 6.07 Å². The fraction of sp³-hybridized carbons (Fsp3) is 0.333. The molecule has 1 aromatic carbocycles. The number of ether oxygens (including phenoxy) is 1. The Kier molecular flexibility index (Phi) is 4.98. The van der Waals surface area contributed by atoms with E-state index in [2.05, 4.69) is 22.3 Å². The quantitative estimate of drug-likeness (QED) is 0.649. The topological polar surface area (TPSA) is 73.1 Å². The maximum absolute atomic E-state index is 6.16. The van der Waals surface area contributed by atoms with Crippen molar-refractivity contribution in [1.29, 1.82) is 0 Å². The first kappa shape index (κ1) is 15.5. The third-order valence-electron chi connectivity index (χ3n) is 3.00. The van der Waals surface area contributed by atoms with E-state index in [0.717, 1.165) is 29.0 Å². The van der Waals surface area contributed by atoms with Crippen LogP contribution in [0.1, 0.15) is 30.3 Å². The molecule has 0 unspecified atom stereocenters. The van der Waals surface area contributed by atoms with Gasteiger partial charge >= 0.3 is 0 Å². The SMILES string of the molecule is CCCc1nc(NN)cc(Oc2cc(C)c(Cl)c(C)c2)n1. The molecule has 0 aliphatic carbocycles. The smallest absolute Gasteiger partial charge is 0.224 e. The van der Waals surface area contributed by atoms with Gasteiger partial charge < -0.3 is 10.2 Å². The number of nitrogens with zero attached hydrogens (tertiary/aromatic N) is 2. The second kappa shape index (κ2) is 6.74. The minimum absolute atomic E-state index is 0.461. The Balaban J connectivity index is 2.32. The number of hydrogen-bond acceptors (Lipinski definition) is 5. The molecular weight excluding hydrogens is 288 g/mol. The van der Waals surface area contributed by atoms with Gasteiger partial charge in [-0.25, -0.2) is 10.8 Å². The van der Waals surface area contributed by atoms with Crippen molar-refractivity contribution in [3.63, 3.8) is 0 Å². The highest BCUT2D eigenvalue weighted by atomic mass is 35.5. The number of rotatable bonds is 5. The molecule has 0 bridgehead atoms.